The Balaban J connectivity index is 1.52. The van der Waals surface area contributed by atoms with Crippen LogP contribution in [0, 0.1) is 0 Å². The van der Waals surface area contributed by atoms with Gasteiger partial charge in [0.2, 0.25) is 0 Å². The van der Waals surface area contributed by atoms with Gasteiger partial charge in [0, 0.05) is 5.56 Å². The largest absolute Gasteiger partial charge is 0.494 e. The molecule has 0 saturated carbocycles. The van der Waals surface area contributed by atoms with E-state index in [4.69, 9.17) is 19.2 Å². The topological polar surface area (TPSA) is 79.1 Å². The first kappa shape index (κ1) is 29.1. The summed E-state index contributed by atoms with van der Waals surface area (Å²) in [6, 6.07) is 28.7. The summed E-state index contributed by atoms with van der Waals surface area (Å²) in [6.07, 6.45) is 1.88. The number of aromatic nitrogens is 1. The van der Waals surface area contributed by atoms with Crippen molar-refractivity contribution in [1.82, 2.24) is 4.57 Å². The first-order valence-corrected chi connectivity index (χ1v) is 15.4. The molecular formula is C36H32N2O5S. The van der Waals surface area contributed by atoms with E-state index in [1.54, 1.807) is 18.4 Å². The predicted molar refractivity (Wildman–Crippen MR) is 173 cm³/mol. The van der Waals surface area contributed by atoms with Gasteiger partial charge in [-0.05, 0) is 66.9 Å². The summed E-state index contributed by atoms with van der Waals surface area (Å²) in [5, 5.41) is 2.00. The van der Waals surface area contributed by atoms with Crippen LogP contribution in [0.1, 0.15) is 43.5 Å². The van der Waals surface area contributed by atoms with Crippen LogP contribution < -0.4 is 24.4 Å². The summed E-state index contributed by atoms with van der Waals surface area (Å²) in [5.74, 6) is 0.887. The van der Waals surface area contributed by atoms with Crippen molar-refractivity contribution in [3.05, 3.63) is 139 Å². The highest BCUT2D eigenvalue weighted by atomic mass is 32.1. The second kappa shape index (κ2) is 12.7. The fourth-order valence-electron chi connectivity index (χ4n) is 5.44. The highest BCUT2D eigenvalue weighted by Crippen LogP contribution is 2.32. The Morgan fingerprint density at radius 1 is 0.909 bits per heavy atom. The molecule has 0 fully saturated rings. The van der Waals surface area contributed by atoms with Crippen molar-refractivity contribution >= 4 is 34.2 Å². The van der Waals surface area contributed by atoms with Gasteiger partial charge in [-0.3, -0.25) is 9.36 Å². The monoisotopic (exact) mass is 604 g/mol. The summed E-state index contributed by atoms with van der Waals surface area (Å²) < 4.78 is 19.5. The molecule has 222 valence electrons. The number of carbonyl (C=O) groups excluding carboxylic acids is 1. The molecule has 44 heavy (non-hydrogen) atoms. The molecule has 8 heteroatoms. The lowest BCUT2D eigenvalue weighted by atomic mass is 9.96. The smallest absolute Gasteiger partial charge is 0.338 e. The maximum atomic E-state index is 14.3. The molecule has 1 aromatic heterocycles. The van der Waals surface area contributed by atoms with Gasteiger partial charge in [0.1, 0.15) is 18.1 Å². The average Bonchev–Trinajstić information content (AvgIpc) is 3.35. The van der Waals surface area contributed by atoms with Crippen LogP contribution in [0.3, 0.4) is 0 Å². The summed E-state index contributed by atoms with van der Waals surface area (Å²) in [4.78, 5) is 32.8. The zero-order valence-corrected chi connectivity index (χ0v) is 25.6. The Hall–Kier alpha value is -4.95. The standard InChI is InChI=1S/C36H32N2O5S/c1-4-41-27-18-15-26(16-19-27)33-32(35(40)42-5-2)23(3)37-36-38(33)34(39)31(44-36)21-29-28-14-10-9-13-25(28)17-20-30(29)43-22-24-11-7-6-8-12-24/h6-21,33H,4-5,22H2,1-3H3/b31-21-/t33-/m0/s1. The SMILES string of the molecule is CCOC(=O)C1=C(C)N=c2s/c(=C\c3c(OCc4ccccc4)ccc4ccccc34)c(=O)n2[C@H]1c1ccc(OCC)cc1. The third-order valence-electron chi connectivity index (χ3n) is 7.47. The van der Waals surface area contributed by atoms with E-state index < -0.39 is 12.0 Å². The van der Waals surface area contributed by atoms with E-state index in [9.17, 15) is 9.59 Å². The van der Waals surface area contributed by atoms with Gasteiger partial charge in [-0.1, -0.05) is 84.1 Å². The van der Waals surface area contributed by atoms with E-state index in [0.717, 1.165) is 27.5 Å². The molecule has 6 rings (SSSR count). The Morgan fingerprint density at radius 2 is 1.66 bits per heavy atom. The molecule has 0 aliphatic carbocycles. The van der Waals surface area contributed by atoms with Crippen molar-refractivity contribution in [2.24, 2.45) is 4.99 Å². The molecular weight excluding hydrogens is 572 g/mol. The van der Waals surface area contributed by atoms with Crippen LogP contribution in [0.2, 0.25) is 0 Å². The molecule has 1 atom stereocenters. The molecule has 0 saturated heterocycles. The van der Waals surface area contributed by atoms with Gasteiger partial charge in [0.05, 0.1) is 35.1 Å². The normalized spacial score (nSPS) is 14.7. The molecule has 0 N–H and O–H groups in total. The van der Waals surface area contributed by atoms with Crippen LogP contribution in [-0.4, -0.2) is 23.8 Å². The van der Waals surface area contributed by atoms with Crippen LogP contribution in [0.5, 0.6) is 11.5 Å². The number of nitrogens with zero attached hydrogens (tertiary/aromatic N) is 2. The molecule has 0 radical (unpaired) electrons. The minimum Gasteiger partial charge on any atom is -0.494 e. The summed E-state index contributed by atoms with van der Waals surface area (Å²) in [6.45, 7) is 6.60. The molecule has 7 nitrogen and oxygen atoms in total. The van der Waals surface area contributed by atoms with Crippen LogP contribution in [0.25, 0.3) is 16.8 Å². The number of fused-ring (bicyclic) bond motifs is 2. The highest BCUT2D eigenvalue weighted by Gasteiger charge is 2.33. The third kappa shape index (κ3) is 5.68. The summed E-state index contributed by atoms with van der Waals surface area (Å²) in [5.41, 5.74) is 3.23. The number of thiazole rings is 1. The van der Waals surface area contributed by atoms with E-state index in [0.29, 0.717) is 45.3 Å². The second-order valence-electron chi connectivity index (χ2n) is 10.3. The van der Waals surface area contributed by atoms with E-state index in [2.05, 4.69) is 0 Å². The second-order valence-corrected chi connectivity index (χ2v) is 11.3. The van der Waals surface area contributed by atoms with Crippen molar-refractivity contribution in [3.8, 4) is 11.5 Å². The zero-order chi connectivity index (χ0) is 30.6. The summed E-state index contributed by atoms with van der Waals surface area (Å²) >= 11 is 1.29. The average molecular weight is 605 g/mol. The Kier molecular flexibility index (Phi) is 8.43. The van der Waals surface area contributed by atoms with Gasteiger partial charge in [-0.25, -0.2) is 9.79 Å². The molecule has 5 aromatic rings. The number of carbonyl (C=O) groups is 1. The summed E-state index contributed by atoms with van der Waals surface area (Å²) in [7, 11) is 0. The Labute approximate surface area is 259 Å². The molecule has 4 aromatic carbocycles. The molecule has 0 spiro atoms. The lowest BCUT2D eigenvalue weighted by Crippen LogP contribution is -2.39. The lowest BCUT2D eigenvalue weighted by molar-refractivity contribution is -0.139. The van der Waals surface area contributed by atoms with E-state index in [1.807, 2.05) is 104 Å². The zero-order valence-electron chi connectivity index (χ0n) is 24.8. The minimum atomic E-state index is -0.704. The first-order chi connectivity index (χ1) is 21.5. The maximum Gasteiger partial charge on any atom is 0.338 e. The molecule has 2 heterocycles. The van der Waals surface area contributed by atoms with Gasteiger partial charge in [-0.2, -0.15) is 0 Å². The number of benzene rings is 4. The molecule has 0 unspecified atom stereocenters. The van der Waals surface area contributed by atoms with Crippen LogP contribution in [0.4, 0.5) is 0 Å². The van der Waals surface area contributed by atoms with Crippen LogP contribution >= 0.6 is 11.3 Å². The van der Waals surface area contributed by atoms with Gasteiger partial charge >= 0.3 is 5.97 Å². The predicted octanol–water partition coefficient (Wildman–Crippen LogP) is 5.93. The fourth-order valence-corrected chi connectivity index (χ4v) is 6.47. The van der Waals surface area contributed by atoms with Crippen molar-refractivity contribution < 1.29 is 19.0 Å². The molecule has 1 aliphatic heterocycles. The third-order valence-corrected chi connectivity index (χ3v) is 8.45. The minimum absolute atomic E-state index is 0.211. The number of ether oxygens (including phenoxy) is 3. The number of rotatable bonds is 9. The Morgan fingerprint density at radius 3 is 2.41 bits per heavy atom. The number of hydrogen-bond acceptors (Lipinski definition) is 7. The van der Waals surface area contributed by atoms with E-state index in [-0.39, 0.29) is 12.2 Å². The van der Waals surface area contributed by atoms with Crippen molar-refractivity contribution in [3.63, 3.8) is 0 Å². The molecule has 0 amide bonds. The Bertz CT molecular complexity index is 2040. The first-order valence-electron chi connectivity index (χ1n) is 14.6. The quantitative estimate of drug-likeness (QED) is 0.195. The van der Waals surface area contributed by atoms with E-state index in [1.165, 1.54) is 11.3 Å². The fraction of sp³-hybridized carbons (Fsp3) is 0.194. The van der Waals surface area contributed by atoms with Crippen LogP contribution in [-0.2, 0) is 16.1 Å². The van der Waals surface area contributed by atoms with Crippen molar-refractivity contribution in [1.29, 1.82) is 0 Å². The van der Waals surface area contributed by atoms with Gasteiger partial charge in [0.15, 0.2) is 4.80 Å². The van der Waals surface area contributed by atoms with Crippen molar-refractivity contribution in [2.75, 3.05) is 13.2 Å². The molecule has 1 aliphatic rings. The number of hydrogen-bond donors (Lipinski definition) is 0. The lowest BCUT2D eigenvalue weighted by Gasteiger charge is -2.24. The highest BCUT2D eigenvalue weighted by molar-refractivity contribution is 7.07. The van der Waals surface area contributed by atoms with Gasteiger partial charge < -0.3 is 14.2 Å². The van der Waals surface area contributed by atoms with Crippen molar-refractivity contribution in [2.45, 2.75) is 33.4 Å². The van der Waals surface area contributed by atoms with E-state index >= 15 is 0 Å². The van der Waals surface area contributed by atoms with Crippen LogP contribution in [0.15, 0.2) is 112 Å². The number of esters is 1. The molecule has 0 bridgehead atoms. The van der Waals surface area contributed by atoms with Gasteiger partial charge in [-0.15, -0.1) is 0 Å². The maximum absolute atomic E-state index is 14.3. The van der Waals surface area contributed by atoms with Gasteiger partial charge in [0.25, 0.3) is 5.56 Å². The number of allylic oxidation sites excluding steroid dienone is 1.